The number of rotatable bonds is 19. The molecule has 0 aliphatic carbocycles. The fraction of sp³-hybridized carbons (Fsp3) is 0.256. The number of hydrogen-bond donors (Lipinski definition) is 5. The van der Waals surface area contributed by atoms with Gasteiger partial charge < -0.3 is 91.8 Å². The van der Waals surface area contributed by atoms with Gasteiger partial charge in [0.05, 0.1) is 97.0 Å². The van der Waals surface area contributed by atoms with Crippen LogP contribution in [0.3, 0.4) is 0 Å². The molecular weight excluding hydrogens is 1760 g/mol. The number of phenolic OH excluding ortho intramolecular Hbond substituents is 5. The standard InChI is InChI=1S/C25H26O5.C25H26O3.C24H24O4.C24H24O3.C23H22O4/c1-15-21(26)11-10-19-24(16-5-8-18(27-2)9-6-16)20(14-30-25(15)19)17-7-12-22(28-3)23(13-17)29-4;1-16-5-14-22-24(19-8-12-21(27-4)13-9-19)23(15-28-25(22)17(16)2)18-6-10-20(26-3)11-7-18;1-15-22(25)13-12-20-23(17-6-10-19(27-3)11-7-17)21(14-28-24(15)20)16-4-8-18(26-2)9-5-16;1-15-4-13-21-23(18-7-11-20(26-3)12-8-18)22(14-27-24(21)16(15)2)17-5-9-19(25)10-6-17;1-14-21(25)12-11-19-22(16-5-9-18(26-2)10-6-16)20(13-27-23(14)19)15-3-7-17(24)8-4-15/h5-13,20,24,26H,14H2,1-4H3;5-14,23-24H,15H2,1-4H3;4-13,21,23,25H,14H2,1-3H3;4-13,22-23,25H,14H2,1-3H3;3-12,20,22,24-25H,13H2,1-2H3. The molecule has 0 amide bonds. The second-order valence-corrected chi connectivity index (χ2v) is 35.9. The van der Waals surface area contributed by atoms with E-state index in [0.717, 1.165) is 130 Å². The second kappa shape index (κ2) is 43.9. The van der Waals surface area contributed by atoms with Crippen molar-refractivity contribution in [2.75, 3.05) is 97.0 Å². The Bertz CT molecular complexity index is 6420. The SMILES string of the molecule is COc1ccc(C2COc3c(ccc(C)c3C)C2c2ccc(OC)cc2)cc1.COc1ccc(C2COc3c(ccc(O)c3C)C2c2ccc(OC)cc2)cc1.COc1ccc(C2c3ccc(C)c(C)c3OCC2c2ccc(O)cc2)cc1.COc1ccc(C2c3ccc(O)c(C)c3OCC2c2ccc(O)cc2)cc1.COc1ccc(C2c3ccc(O)c(C)c3OCC2c2ccc(OC)c(OC)c2)cc1. The van der Waals surface area contributed by atoms with Crippen LogP contribution in [0.15, 0.2) is 297 Å². The first-order chi connectivity index (χ1) is 68.0. The molecule has 20 rings (SSSR count). The number of aromatic hydroxyl groups is 5. The number of benzene rings is 15. The predicted octanol–water partition coefficient (Wildman–Crippen LogP) is 25.7. The molecule has 0 radical (unpaired) electrons. The lowest BCUT2D eigenvalue weighted by Crippen LogP contribution is -2.26. The maximum Gasteiger partial charge on any atom is 0.160 e. The molecule has 140 heavy (non-hydrogen) atoms. The highest BCUT2D eigenvalue weighted by molar-refractivity contribution is 5.63. The third kappa shape index (κ3) is 20.7. The van der Waals surface area contributed by atoms with Crippen molar-refractivity contribution in [1.82, 2.24) is 0 Å². The number of ether oxygens (including phenoxy) is 14. The molecule has 720 valence electrons. The van der Waals surface area contributed by atoms with Gasteiger partial charge in [0, 0.05) is 104 Å². The molecule has 5 aliphatic rings. The maximum absolute atomic E-state index is 10.2. The molecule has 10 unspecified atom stereocenters. The quantitative estimate of drug-likeness (QED) is 0.0507. The van der Waals surface area contributed by atoms with E-state index in [1.807, 2.05) is 160 Å². The van der Waals surface area contributed by atoms with E-state index in [1.165, 1.54) is 61.2 Å². The summed E-state index contributed by atoms with van der Waals surface area (Å²) in [6.45, 7) is 17.0. The Morgan fingerprint density at radius 3 is 0.607 bits per heavy atom. The molecule has 0 saturated carbocycles. The minimum absolute atomic E-state index is 0.0528. The van der Waals surface area contributed by atoms with Crippen molar-refractivity contribution in [2.45, 2.75) is 108 Å². The van der Waals surface area contributed by atoms with Crippen molar-refractivity contribution in [3.63, 3.8) is 0 Å². The molecule has 0 bridgehead atoms. The predicted molar refractivity (Wildman–Crippen MR) is 547 cm³/mol. The van der Waals surface area contributed by atoms with Gasteiger partial charge in [-0.2, -0.15) is 0 Å². The van der Waals surface area contributed by atoms with E-state index in [4.69, 9.17) is 66.3 Å². The zero-order chi connectivity index (χ0) is 98.5. The average Bonchev–Trinajstić information content (AvgIpc) is 0.773. The van der Waals surface area contributed by atoms with E-state index >= 15 is 0 Å². The molecule has 19 nitrogen and oxygen atoms in total. The van der Waals surface area contributed by atoms with Crippen LogP contribution in [0.25, 0.3) is 0 Å². The molecular formula is C121H122O19. The summed E-state index contributed by atoms with van der Waals surface area (Å²) in [6, 6.07) is 98.3. The van der Waals surface area contributed by atoms with Crippen LogP contribution in [0.1, 0.15) is 182 Å². The fourth-order valence-corrected chi connectivity index (χ4v) is 20.1. The van der Waals surface area contributed by atoms with Crippen molar-refractivity contribution in [3.8, 4) is 109 Å². The molecule has 0 fully saturated rings. The smallest absolute Gasteiger partial charge is 0.160 e. The molecule has 5 N–H and O–H groups in total. The van der Waals surface area contributed by atoms with Crippen LogP contribution < -0.4 is 66.3 Å². The summed E-state index contributed by atoms with van der Waals surface area (Å²) in [5, 5.41) is 49.7. The highest BCUT2D eigenvalue weighted by Crippen LogP contribution is 2.56. The number of aryl methyl sites for hydroxylation is 2. The topological polar surface area (TPSA) is 230 Å². The van der Waals surface area contributed by atoms with Crippen LogP contribution >= 0.6 is 0 Å². The maximum atomic E-state index is 10.2. The Morgan fingerprint density at radius 1 is 0.193 bits per heavy atom. The van der Waals surface area contributed by atoms with Crippen LogP contribution in [0.4, 0.5) is 0 Å². The fourth-order valence-electron chi connectivity index (χ4n) is 20.1. The highest BCUT2D eigenvalue weighted by Gasteiger charge is 2.41. The van der Waals surface area contributed by atoms with Crippen molar-refractivity contribution in [1.29, 1.82) is 0 Å². The molecule has 5 aliphatic heterocycles. The summed E-state index contributed by atoms with van der Waals surface area (Å²) in [5.74, 6) is 14.2. The number of fused-ring (bicyclic) bond motifs is 5. The van der Waals surface area contributed by atoms with E-state index < -0.39 is 0 Å². The molecule has 15 aromatic rings. The van der Waals surface area contributed by atoms with Gasteiger partial charge in [0.2, 0.25) is 0 Å². The number of phenols is 5. The first-order valence-electron chi connectivity index (χ1n) is 47.1. The largest absolute Gasteiger partial charge is 0.508 e. The highest BCUT2D eigenvalue weighted by atomic mass is 16.5. The summed E-state index contributed by atoms with van der Waals surface area (Å²) in [5.41, 5.74) is 24.7. The van der Waals surface area contributed by atoms with Crippen LogP contribution in [0.2, 0.25) is 0 Å². The minimum Gasteiger partial charge on any atom is -0.508 e. The van der Waals surface area contributed by atoms with Crippen LogP contribution in [0, 0.1) is 48.5 Å². The Morgan fingerprint density at radius 2 is 0.386 bits per heavy atom. The third-order valence-corrected chi connectivity index (χ3v) is 28.3. The van der Waals surface area contributed by atoms with Gasteiger partial charge in [0.1, 0.15) is 97.7 Å². The average molecular weight is 1880 g/mol. The van der Waals surface area contributed by atoms with Crippen molar-refractivity contribution in [2.24, 2.45) is 0 Å². The van der Waals surface area contributed by atoms with Gasteiger partial charge in [0.25, 0.3) is 0 Å². The summed E-state index contributed by atoms with van der Waals surface area (Å²) in [7, 11) is 15.0. The summed E-state index contributed by atoms with van der Waals surface area (Å²) < 4.78 is 79.2. The molecule has 0 spiro atoms. The second-order valence-electron chi connectivity index (χ2n) is 35.9. The van der Waals surface area contributed by atoms with Crippen molar-refractivity contribution < 1.29 is 91.8 Å². The Labute approximate surface area is 820 Å². The monoisotopic (exact) mass is 1880 g/mol. The lowest BCUT2D eigenvalue weighted by Gasteiger charge is -2.35. The molecule has 0 aromatic heterocycles. The summed E-state index contributed by atoms with van der Waals surface area (Å²) in [6.07, 6.45) is 0. The van der Waals surface area contributed by atoms with Crippen molar-refractivity contribution in [3.05, 3.63) is 420 Å². The molecule has 0 saturated heterocycles. The molecule has 5 heterocycles. The van der Waals surface area contributed by atoms with E-state index in [1.54, 1.807) is 106 Å². The molecule has 10 atom stereocenters. The van der Waals surface area contributed by atoms with Gasteiger partial charge in [-0.1, -0.05) is 158 Å². The Kier molecular flexibility index (Phi) is 30.6. The number of methoxy groups -OCH3 is 9. The Balaban J connectivity index is 0.000000126. The van der Waals surface area contributed by atoms with Crippen LogP contribution in [-0.4, -0.2) is 123 Å². The van der Waals surface area contributed by atoms with Gasteiger partial charge in [-0.05, 0) is 266 Å². The lowest BCUT2D eigenvalue weighted by molar-refractivity contribution is 0.245. The van der Waals surface area contributed by atoms with Gasteiger partial charge in [0.15, 0.2) is 11.5 Å². The van der Waals surface area contributed by atoms with E-state index in [-0.39, 0.29) is 87.9 Å². The van der Waals surface area contributed by atoms with E-state index in [0.29, 0.717) is 44.5 Å². The zero-order valence-corrected chi connectivity index (χ0v) is 82.1. The lowest BCUT2D eigenvalue weighted by atomic mass is 9.75. The zero-order valence-electron chi connectivity index (χ0n) is 82.1. The van der Waals surface area contributed by atoms with Gasteiger partial charge in [-0.3, -0.25) is 0 Å². The molecule has 15 aromatic carbocycles. The first kappa shape index (κ1) is 97.6. The summed E-state index contributed by atoms with van der Waals surface area (Å²) >= 11 is 0. The van der Waals surface area contributed by atoms with Gasteiger partial charge >= 0.3 is 0 Å². The normalized spacial score (nSPS) is 18.1. The summed E-state index contributed by atoms with van der Waals surface area (Å²) in [4.78, 5) is 0. The molecule has 19 heteroatoms. The van der Waals surface area contributed by atoms with Crippen LogP contribution in [-0.2, 0) is 0 Å². The van der Waals surface area contributed by atoms with Gasteiger partial charge in [-0.25, -0.2) is 0 Å². The minimum atomic E-state index is 0.0528. The Hall–Kier alpha value is -15.5. The van der Waals surface area contributed by atoms with E-state index in [2.05, 4.69) is 143 Å². The third-order valence-electron chi connectivity index (χ3n) is 28.3. The van der Waals surface area contributed by atoms with E-state index in [9.17, 15) is 25.5 Å². The van der Waals surface area contributed by atoms with Gasteiger partial charge in [-0.15, -0.1) is 0 Å². The van der Waals surface area contributed by atoms with Crippen molar-refractivity contribution >= 4 is 0 Å². The number of hydrogen-bond acceptors (Lipinski definition) is 19. The first-order valence-corrected chi connectivity index (χ1v) is 47.1. The van der Waals surface area contributed by atoms with Crippen LogP contribution in [0.5, 0.6) is 109 Å².